The van der Waals surface area contributed by atoms with Crippen LogP contribution < -0.4 is 14.9 Å². The van der Waals surface area contributed by atoms with E-state index in [1.807, 2.05) is 25.1 Å². The minimum Gasteiger partial charge on any atom is -0.454 e. The number of benzene rings is 2. The summed E-state index contributed by atoms with van der Waals surface area (Å²) in [5.41, 5.74) is 5.03. The molecule has 3 rings (SSSR count). The lowest BCUT2D eigenvalue weighted by molar-refractivity contribution is 0.174. The van der Waals surface area contributed by atoms with E-state index < -0.39 is 0 Å². The van der Waals surface area contributed by atoms with Crippen molar-refractivity contribution in [3.8, 4) is 11.5 Å². The van der Waals surface area contributed by atoms with Gasteiger partial charge in [-0.05, 0) is 37.3 Å². The molecule has 0 radical (unpaired) electrons. The Morgan fingerprint density at radius 2 is 1.73 bits per heavy atom. The van der Waals surface area contributed by atoms with Gasteiger partial charge in [0.25, 0.3) is 0 Å². The molecule has 0 aliphatic carbocycles. The Morgan fingerprint density at radius 3 is 2.45 bits per heavy atom. The summed E-state index contributed by atoms with van der Waals surface area (Å²) in [5.74, 6) is 1.43. The zero-order valence-electron chi connectivity index (χ0n) is 11.5. The molecule has 0 amide bonds. The highest BCUT2D eigenvalue weighted by atomic mass is 35.5. The largest absolute Gasteiger partial charge is 0.454 e. The number of fused-ring (bicyclic) bond motifs is 1. The van der Waals surface area contributed by atoms with Crippen molar-refractivity contribution in [1.29, 1.82) is 0 Å². The maximum absolute atomic E-state index is 6.10. The standard InChI is InChI=1S/C15H11Cl3N2O2/c1-8(9-2-3-13-14(4-9)22-7-21-13)19-20-15-11(17)5-10(16)6-12(15)18/h2-6,20H,7H2,1H3. The normalized spacial score (nSPS) is 13.4. The van der Waals surface area contributed by atoms with Crippen LogP contribution in [-0.2, 0) is 0 Å². The highest BCUT2D eigenvalue weighted by Crippen LogP contribution is 2.34. The SMILES string of the molecule is CC(=NNc1c(Cl)cc(Cl)cc1Cl)c1ccc2c(c1)OCO2. The first-order valence-corrected chi connectivity index (χ1v) is 7.53. The Hall–Kier alpha value is -1.62. The third kappa shape index (κ3) is 3.09. The van der Waals surface area contributed by atoms with Crippen molar-refractivity contribution >= 4 is 46.2 Å². The molecular formula is C15H11Cl3N2O2. The molecule has 0 saturated heterocycles. The summed E-state index contributed by atoms with van der Waals surface area (Å²) in [5, 5.41) is 5.57. The average Bonchev–Trinajstić information content (AvgIpc) is 2.93. The molecule has 1 N–H and O–H groups in total. The smallest absolute Gasteiger partial charge is 0.231 e. The fraction of sp³-hybridized carbons (Fsp3) is 0.133. The molecule has 1 heterocycles. The van der Waals surface area contributed by atoms with Gasteiger partial charge in [-0.25, -0.2) is 0 Å². The molecule has 22 heavy (non-hydrogen) atoms. The summed E-state index contributed by atoms with van der Waals surface area (Å²) in [6.07, 6.45) is 0. The number of rotatable bonds is 3. The summed E-state index contributed by atoms with van der Waals surface area (Å²) in [6, 6.07) is 8.82. The monoisotopic (exact) mass is 356 g/mol. The van der Waals surface area contributed by atoms with Crippen LogP contribution in [0.15, 0.2) is 35.4 Å². The number of hydrogen-bond donors (Lipinski definition) is 1. The van der Waals surface area contributed by atoms with Gasteiger partial charge < -0.3 is 9.47 Å². The van der Waals surface area contributed by atoms with Crippen LogP contribution in [0.4, 0.5) is 5.69 Å². The average molecular weight is 358 g/mol. The molecule has 0 aromatic heterocycles. The molecule has 4 nitrogen and oxygen atoms in total. The molecule has 0 bridgehead atoms. The molecule has 1 aliphatic rings. The van der Waals surface area contributed by atoms with Gasteiger partial charge in [-0.1, -0.05) is 34.8 Å². The van der Waals surface area contributed by atoms with Crippen LogP contribution in [-0.4, -0.2) is 12.5 Å². The number of hydrogen-bond acceptors (Lipinski definition) is 4. The van der Waals surface area contributed by atoms with Gasteiger partial charge in [0, 0.05) is 10.6 Å². The summed E-state index contributed by atoms with van der Waals surface area (Å²) in [6.45, 7) is 2.10. The van der Waals surface area contributed by atoms with E-state index >= 15 is 0 Å². The van der Waals surface area contributed by atoms with Crippen molar-refractivity contribution < 1.29 is 9.47 Å². The van der Waals surface area contributed by atoms with Gasteiger partial charge in [-0.2, -0.15) is 5.10 Å². The third-order valence-electron chi connectivity index (χ3n) is 3.13. The van der Waals surface area contributed by atoms with E-state index in [9.17, 15) is 0 Å². The predicted octanol–water partition coefficient (Wildman–Crippen LogP) is 5.21. The minimum atomic E-state index is 0.239. The summed E-state index contributed by atoms with van der Waals surface area (Å²) >= 11 is 18.1. The second kappa shape index (κ2) is 6.24. The van der Waals surface area contributed by atoms with Crippen LogP contribution in [0.25, 0.3) is 0 Å². The van der Waals surface area contributed by atoms with Crippen LogP contribution in [0.5, 0.6) is 11.5 Å². The molecule has 114 valence electrons. The maximum atomic E-state index is 6.10. The van der Waals surface area contributed by atoms with E-state index in [2.05, 4.69) is 10.5 Å². The molecule has 2 aromatic carbocycles. The topological polar surface area (TPSA) is 42.9 Å². The molecular weight excluding hydrogens is 347 g/mol. The second-order valence-corrected chi connectivity index (χ2v) is 5.87. The lowest BCUT2D eigenvalue weighted by Crippen LogP contribution is -2.00. The van der Waals surface area contributed by atoms with E-state index in [0.29, 0.717) is 26.5 Å². The molecule has 0 fully saturated rings. The first-order chi connectivity index (χ1) is 10.5. The fourth-order valence-corrected chi connectivity index (χ4v) is 2.88. The second-order valence-electron chi connectivity index (χ2n) is 4.62. The fourth-order valence-electron chi connectivity index (χ4n) is 1.97. The number of nitrogens with zero attached hydrogens (tertiary/aromatic N) is 1. The van der Waals surface area contributed by atoms with E-state index in [0.717, 1.165) is 17.0 Å². The Morgan fingerprint density at radius 1 is 1.05 bits per heavy atom. The Labute approximate surface area is 142 Å². The van der Waals surface area contributed by atoms with E-state index in [1.165, 1.54) is 0 Å². The van der Waals surface area contributed by atoms with E-state index in [4.69, 9.17) is 44.3 Å². The van der Waals surface area contributed by atoms with Crippen LogP contribution in [0.3, 0.4) is 0 Å². The summed E-state index contributed by atoms with van der Waals surface area (Å²) in [7, 11) is 0. The van der Waals surface area contributed by atoms with Crippen molar-refractivity contribution in [3.63, 3.8) is 0 Å². The van der Waals surface area contributed by atoms with Crippen molar-refractivity contribution in [1.82, 2.24) is 0 Å². The Balaban J connectivity index is 1.84. The van der Waals surface area contributed by atoms with Gasteiger partial charge in [0.05, 0.1) is 21.4 Å². The zero-order chi connectivity index (χ0) is 15.7. The molecule has 0 atom stereocenters. The highest BCUT2D eigenvalue weighted by molar-refractivity contribution is 6.41. The molecule has 0 saturated carbocycles. The van der Waals surface area contributed by atoms with E-state index in [1.54, 1.807) is 12.1 Å². The Kier molecular flexibility index (Phi) is 4.34. The van der Waals surface area contributed by atoms with Crippen LogP contribution in [0, 0.1) is 0 Å². The number of ether oxygens (including phenoxy) is 2. The molecule has 0 unspecified atom stereocenters. The van der Waals surface area contributed by atoms with Crippen LogP contribution in [0.2, 0.25) is 15.1 Å². The lowest BCUT2D eigenvalue weighted by atomic mass is 10.1. The van der Waals surface area contributed by atoms with Gasteiger partial charge in [0.2, 0.25) is 6.79 Å². The maximum Gasteiger partial charge on any atom is 0.231 e. The minimum absolute atomic E-state index is 0.239. The van der Waals surface area contributed by atoms with Crippen molar-refractivity contribution in [2.45, 2.75) is 6.92 Å². The van der Waals surface area contributed by atoms with Crippen LogP contribution in [0.1, 0.15) is 12.5 Å². The number of nitrogens with one attached hydrogen (secondary N) is 1. The zero-order valence-corrected chi connectivity index (χ0v) is 13.8. The van der Waals surface area contributed by atoms with E-state index in [-0.39, 0.29) is 6.79 Å². The summed E-state index contributed by atoms with van der Waals surface area (Å²) in [4.78, 5) is 0. The van der Waals surface area contributed by atoms with Gasteiger partial charge >= 0.3 is 0 Å². The first kappa shape index (κ1) is 15.3. The van der Waals surface area contributed by atoms with Gasteiger partial charge in [0.15, 0.2) is 11.5 Å². The number of hydrazone groups is 1. The van der Waals surface area contributed by atoms with Gasteiger partial charge in [-0.3, -0.25) is 5.43 Å². The number of halogens is 3. The Bertz CT molecular complexity index is 739. The van der Waals surface area contributed by atoms with Gasteiger partial charge in [0.1, 0.15) is 0 Å². The van der Waals surface area contributed by atoms with Crippen molar-refractivity contribution in [2.75, 3.05) is 12.2 Å². The lowest BCUT2D eigenvalue weighted by Gasteiger charge is -2.08. The van der Waals surface area contributed by atoms with Crippen molar-refractivity contribution in [2.24, 2.45) is 5.10 Å². The van der Waals surface area contributed by atoms with Crippen LogP contribution >= 0.6 is 34.8 Å². The van der Waals surface area contributed by atoms with Gasteiger partial charge in [-0.15, -0.1) is 0 Å². The highest BCUT2D eigenvalue weighted by Gasteiger charge is 2.14. The quantitative estimate of drug-likeness (QED) is 0.605. The number of anilines is 1. The molecule has 1 aliphatic heterocycles. The molecule has 2 aromatic rings. The molecule has 0 spiro atoms. The molecule has 7 heteroatoms. The summed E-state index contributed by atoms with van der Waals surface area (Å²) < 4.78 is 10.6. The first-order valence-electron chi connectivity index (χ1n) is 6.39. The third-order valence-corrected chi connectivity index (χ3v) is 3.95. The predicted molar refractivity (Wildman–Crippen MR) is 89.9 cm³/mol. The van der Waals surface area contributed by atoms with Crippen molar-refractivity contribution in [3.05, 3.63) is 51.0 Å².